The molecule has 2 aromatic rings. The standard InChI is InChI=1S/C21H23Si.3ClH.Ti/c1-17(2)20-15-10-16-21(20)22(3,18-11-6-4-7-12-18)19-13-8-5-9-14-19;;;;/h4-9,11-14,16-17H,10H2,1-3H3;3*1H;/q-1;;;;+4/p-3. The Morgan fingerprint density at radius 1 is 0.808 bits per heavy atom. The van der Waals surface area contributed by atoms with Gasteiger partial charge >= 0.3 is 21.7 Å². The van der Waals surface area contributed by atoms with Crippen molar-refractivity contribution in [3.8, 4) is 0 Å². The first kappa shape index (κ1) is 27.9. The second-order valence-electron chi connectivity index (χ2n) is 6.42. The van der Waals surface area contributed by atoms with E-state index in [1.165, 1.54) is 15.9 Å². The summed E-state index contributed by atoms with van der Waals surface area (Å²) in [6.07, 6.45) is 6.99. The van der Waals surface area contributed by atoms with Gasteiger partial charge in [0.15, 0.2) is 0 Å². The fourth-order valence-corrected chi connectivity index (χ4v) is 7.58. The molecule has 0 saturated carbocycles. The second kappa shape index (κ2) is 12.2. The molecule has 1 aliphatic rings. The minimum absolute atomic E-state index is 0. The first-order valence-electron chi connectivity index (χ1n) is 8.07. The third-order valence-corrected chi connectivity index (χ3v) is 9.23. The number of halogens is 3. The molecule has 0 atom stereocenters. The van der Waals surface area contributed by atoms with E-state index in [1.807, 2.05) is 0 Å². The smallest absolute Gasteiger partial charge is 1.00 e. The number of allylic oxidation sites excluding steroid dienone is 4. The third kappa shape index (κ3) is 5.38. The van der Waals surface area contributed by atoms with Gasteiger partial charge in [0.1, 0.15) is 0 Å². The summed E-state index contributed by atoms with van der Waals surface area (Å²) in [6.45, 7) is 7.05. The van der Waals surface area contributed by atoms with Crippen LogP contribution in [0.5, 0.6) is 0 Å². The van der Waals surface area contributed by atoms with Crippen molar-refractivity contribution in [3.05, 3.63) is 83.6 Å². The summed E-state index contributed by atoms with van der Waals surface area (Å²) in [5.74, 6) is 0.535. The number of hydrogen-bond donors (Lipinski definition) is 0. The molecule has 0 aliphatic heterocycles. The fourth-order valence-electron chi connectivity index (χ4n) is 3.48. The van der Waals surface area contributed by atoms with E-state index in [4.69, 9.17) is 0 Å². The Hall–Kier alpha value is -0.279. The van der Waals surface area contributed by atoms with Crippen molar-refractivity contribution < 1.29 is 58.9 Å². The summed E-state index contributed by atoms with van der Waals surface area (Å²) in [7, 11) is -1.93. The quantitative estimate of drug-likeness (QED) is 0.319. The molecule has 136 valence electrons. The van der Waals surface area contributed by atoms with Crippen LogP contribution in [0.3, 0.4) is 0 Å². The van der Waals surface area contributed by atoms with Crippen molar-refractivity contribution in [1.29, 1.82) is 0 Å². The van der Waals surface area contributed by atoms with Crippen molar-refractivity contribution in [2.75, 3.05) is 0 Å². The summed E-state index contributed by atoms with van der Waals surface area (Å²) >= 11 is 0. The Balaban J connectivity index is 0. The van der Waals surface area contributed by atoms with Crippen molar-refractivity contribution in [3.63, 3.8) is 0 Å². The summed E-state index contributed by atoms with van der Waals surface area (Å²) in [6, 6.07) is 22.1. The number of benzene rings is 2. The molecule has 0 fully saturated rings. The second-order valence-corrected chi connectivity index (χ2v) is 10.4. The van der Waals surface area contributed by atoms with Crippen LogP contribution in [0.25, 0.3) is 0 Å². The van der Waals surface area contributed by atoms with Crippen molar-refractivity contribution in [2.45, 2.75) is 26.8 Å². The molecular formula is C21H23Cl3SiTi. The SMILES string of the molecule is CC(C)C1=[C-]CC=C1[Si](C)(c1ccccc1)c1ccccc1.[Cl-].[Cl-].[Cl-].[Ti+4]. The van der Waals surface area contributed by atoms with E-state index in [9.17, 15) is 0 Å². The van der Waals surface area contributed by atoms with Gasteiger partial charge in [-0.2, -0.15) is 11.3 Å². The van der Waals surface area contributed by atoms with Gasteiger partial charge in [-0.05, 0) is 0 Å². The predicted molar refractivity (Wildman–Crippen MR) is 98.1 cm³/mol. The first-order valence-corrected chi connectivity index (χ1v) is 10.6. The molecule has 0 bridgehead atoms. The number of rotatable bonds is 4. The summed E-state index contributed by atoms with van der Waals surface area (Å²) in [5.41, 5.74) is 1.43. The van der Waals surface area contributed by atoms with Crippen molar-refractivity contribution >= 4 is 18.4 Å². The molecule has 0 nitrogen and oxygen atoms in total. The van der Waals surface area contributed by atoms with Gasteiger partial charge in [0.2, 0.25) is 0 Å². The van der Waals surface area contributed by atoms with Crippen LogP contribution in [-0.2, 0) is 21.7 Å². The maximum absolute atomic E-state index is 3.61. The van der Waals surface area contributed by atoms with Gasteiger partial charge < -0.3 is 37.2 Å². The van der Waals surface area contributed by atoms with Gasteiger partial charge in [-0.25, -0.2) is 5.57 Å². The van der Waals surface area contributed by atoms with Gasteiger partial charge in [-0.15, -0.1) is 6.42 Å². The Kier molecular flexibility index (Phi) is 13.1. The first-order chi connectivity index (χ1) is 10.6. The minimum atomic E-state index is -1.93. The minimum Gasteiger partial charge on any atom is -1.00 e. The van der Waals surface area contributed by atoms with Crippen LogP contribution in [0.4, 0.5) is 0 Å². The topological polar surface area (TPSA) is 0 Å². The molecular weight excluding hydrogens is 435 g/mol. The molecule has 0 N–H and O–H groups in total. The average molecular weight is 458 g/mol. The van der Waals surface area contributed by atoms with E-state index < -0.39 is 8.07 Å². The van der Waals surface area contributed by atoms with E-state index in [0.29, 0.717) is 5.92 Å². The molecule has 2 aromatic carbocycles. The zero-order valence-electron chi connectivity index (χ0n) is 15.3. The molecule has 26 heavy (non-hydrogen) atoms. The van der Waals surface area contributed by atoms with Crippen LogP contribution in [0.1, 0.15) is 20.3 Å². The van der Waals surface area contributed by atoms with Gasteiger partial charge in [0.05, 0.1) is 8.07 Å². The van der Waals surface area contributed by atoms with Crippen LogP contribution in [0.15, 0.2) is 77.5 Å². The van der Waals surface area contributed by atoms with Crippen LogP contribution < -0.4 is 47.6 Å². The van der Waals surface area contributed by atoms with Gasteiger partial charge in [0, 0.05) is 0 Å². The van der Waals surface area contributed by atoms with Crippen LogP contribution >= 0.6 is 0 Å². The van der Waals surface area contributed by atoms with E-state index >= 15 is 0 Å². The Labute approximate surface area is 192 Å². The average Bonchev–Trinajstić information content (AvgIpc) is 3.06. The largest absolute Gasteiger partial charge is 4.00 e. The van der Waals surface area contributed by atoms with E-state index in [1.54, 1.807) is 5.20 Å². The van der Waals surface area contributed by atoms with Crippen LogP contribution in [0, 0.1) is 12.0 Å². The zero-order valence-corrected chi connectivity index (χ0v) is 20.1. The van der Waals surface area contributed by atoms with Crippen LogP contribution in [-0.4, -0.2) is 8.07 Å². The van der Waals surface area contributed by atoms with Crippen molar-refractivity contribution in [2.24, 2.45) is 5.92 Å². The zero-order chi connectivity index (χ0) is 15.6. The molecule has 5 heteroatoms. The molecule has 0 aromatic heterocycles. The van der Waals surface area contributed by atoms with E-state index in [0.717, 1.165) is 6.42 Å². The van der Waals surface area contributed by atoms with Crippen LogP contribution in [0.2, 0.25) is 6.55 Å². The maximum Gasteiger partial charge on any atom is 4.00 e. The van der Waals surface area contributed by atoms with Gasteiger partial charge in [-0.1, -0.05) is 97.3 Å². The van der Waals surface area contributed by atoms with Gasteiger partial charge in [-0.3, -0.25) is 6.08 Å². The fraction of sp³-hybridized carbons (Fsp3) is 0.238. The molecule has 0 amide bonds. The summed E-state index contributed by atoms with van der Waals surface area (Å²) in [4.78, 5) is 0. The normalized spacial score (nSPS) is 12.6. The molecule has 0 radical (unpaired) electrons. The monoisotopic (exact) mass is 456 g/mol. The predicted octanol–water partition coefficient (Wildman–Crippen LogP) is -4.86. The molecule has 0 saturated heterocycles. The Morgan fingerprint density at radius 2 is 1.23 bits per heavy atom. The summed E-state index contributed by atoms with van der Waals surface area (Å²) in [5, 5.41) is 4.52. The Bertz CT molecular complexity index is 673. The molecule has 0 unspecified atom stereocenters. The maximum atomic E-state index is 3.61. The Morgan fingerprint density at radius 3 is 1.62 bits per heavy atom. The number of hydrogen-bond acceptors (Lipinski definition) is 0. The molecule has 1 aliphatic carbocycles. The van der Waals surface area contributed by atoms with Gasteiger partial charge in [0.25, 0.3) is 0 Å². The van der Waals surface area contributed by atoms with Crippen molar-refractivity contribution in [1.82, 2.24) is 0 Å². The third-order valence-electron chi connectivity index (χ3n) is 4.71. The summed E-state index contributed by atoms with van der Waals surface area (Å²) < 4.78 is 0. The molecule has 0 spiro atoms. The van der Waals surface area contributed by atoms with E-state index in [-0.39, 0.29) is 58.9 Å². The van der Waals surface area contributed by atoms with E-state index in [2.05, 4.69) is 93.2 Å². The molecule has 0 heterocycles. The molecule has 3 rings (SSSR count).